The minimum absolute atomic E-state index is 0.0196. The van der Waals surface area contributed by atoms with Gasteiger partial charge in [0.1, 0.15) is 0 Å². The van der Waals surface area contributed by atoms with Crippen molar-refractivity contribution in [3.8, 4) is 0 Å². The lowest BCUT2D eigenvalue weighted by atomic mass is 10.2. The summed E-state index contributed by atoms with van der Waals surface area (Å²) in [5.74, 6) is 5.56. The fourth-order valence-electron chi connectivity index (χ4n) is 1.28. The van der Waals surface area contributed by atoms with E-state index >= 15 is 0 Å². The van der Waals surface area contributed by atoms with Crippen molar-refractivity contribution < 1.29 is 0 Å². The van der Waals surface area contributed by atoms with E-state index in [9.17, 15) is 0 Å². The van der Waals surface area contributed by atoms with Gasteiger partial charge in [0, 0.05) is 9.75 Å². The fourth-order valence-corrected chi connectivity index (χ4v) is 4.09. The largest absolute Gasteiger partial charge is 0.271 e. The molecule has 1 atom stereocenters. The van der Waals surface area contributed by atoms with Gasteiger partial charge in [-0.1, -0.05) is 11.6 Å². The Balaban J connectivity index is 2.36. The zero-order valence-corrected chi connectivity index (χ0v) is 11.5. The minimum atomic E-state index is -0.0196. The van der Waals surface area contributed by atoms with Crippen LogP contribution in [-0.2, 0) is 0 Å². The first-order valence-electron chi connectivity index (χ1n) is 4.16. The molecule has 0 fully saturated rings. The van der Waals surface area contributed by atoms with E-state index in [1.165, 1.54) is 0 Å². The number of hydrogen-bond acceptors (Lipinski definition) is 4. The second kappa shape index (κ2) is 4.95. The highest BCUT2D eigenvalue weighted by Crippen LogP contribution is 2.36. The molecule has 2 nitrogen and oxygen atoms in total. The molecule has 0 radical (unpaired) electrons. The molecule has 2 rings (SSSR count). The van der Waals surface area contributed by atoms with Crippen LogP contribution >= 0.6 is 50.2 Å². The Morgan fingerprint density at radius 3 is 2.67 bits per heavy atom. The highest BCUT2D eigenvalue weighted by atomic mass is 79.9. The molecule has 3 N–H and O–H groups in total. The topological polar surface area (TPSA) is 38.0 Å². The Bertz CT molecular complexity index is 454. The summed E-state index contributed by atoms with van der Waals surface area (Å²) in [6, 6.07) is 5.91. The SMILES string of the molecule is NNC(c1ccc(Br)s1)c1sccc1Cl. The maximum atomic E-state index is 6.08. The Labute approximate surface area is 109 Å². The first-order chi connectivity index (χ1) is 7.22. The minimum Gasteiger partial charge on any atom is -0.271 e. The van der Waals surface area contributed by atoms with Crippen molar-refractivity contribution in [2.75, 3.05) is 0 Å². The molecule has 1 unspecified atom stereocenters. The van der Waals surface area contributed by atoms with Gasteiger partial charge in [-0.3, -0.25) is 5.84 Å². The molecule has 6 heteroatoms. The highest BCUT2D eigenvalue weighted by Gasteiger charge is 2.18. The molecule has 0 bridgehead atoms. The van der Waals surface area contributed by atoms with Crippen LogP contribution in [0.3, 0.4) is 0 Å². The van der Waals surface area contributed by atoms with Crippen LogP contribution in [0, 0.1) is 0 Å². The zero-order valence-electron chi connectivity index (χ0n) is 7.54. The average Bonchev–Trinajstić information content (AvgIpc) is 2.79. The molecule has 0 saturated carbocycles. The maximum absolute atomic E-state index is 6.08. The molecule has 0 aromatic carbocycles. The van der Waals surface area contributed by atoms with Crippen LogP contribution < -0.4 is 11.3 Å². The van der Waals surface area contributed by atoms with Crippen molar-refractivity contribution in [2.45, 2.75) is 6.04 Å². The molecular weight excluding hydrogens is 316 g/mol. The zero-order chi connectivity index (χ0) is 10.8. The molecule has 2 aromatic heterocycles. The van der Waals surface area contributed by atoms with Gasteiger partial charge in [-0.05, 0) is 39.5 Å². The van der Waals surface area contributed by atoms with Crippen LogP contribution in [0.4, 0.5) is 0 Å². The van der Waals surface area contributed by atoms with E-state index in [2.05, 4.69) is 21.4 Å². The lowest BCUT2D eigenvalue weighted by Gasteiger charge is -2.12. The summed E-state index contributed by atoms with van der Waals surface area (Å²) in [4.78, 5) is 2.20. The summed E-state index contributed by atoms with van der Waals surface area (Å²) < 4.78 is 1.09. The van der Waals surface area contributed by atoms with Gasteiger partial charge >= 0.3 is 0 Å². The van der Waals surface area contributed by atoms with E-state index in [1.54, 1.807) is 22.7 Å². The molecule has 0 saturated heterocycles. The normalized spacial score (nSPS) is 13.0. The van der Waals surface area contributed by atoms with Gasteiger partial charge in [-0.2, -0.15) is 0 Å². The molecule has 80 valence electrons. The summed E-state index contributed by atoms with van der Waals surface area (Å²) in [6.45, 7) is 0. The number of nitrogens with two attached hydrogens (primary N) is 1. The third-order valence-corrected chi connectivity index (χ3v) is 5.06. The number of hydrazine groups is 1. The number of nitrogens with one attached hydrogen (secondary N) is 1. The van der Waals surface area contributed by atoms with Gasteiger partial charge in [-0.25, -0.2) is 5.43 Å². The van der Waals surface area contributed by atoms with Gasteiger partial charge < -0.3 is 0 Å². The Kier molecular flexibility index (Phi) is 3.82. The summed E-state index contributed by atoms with van der Waals surface area (Å²) in [5, 5.41) is 2.72. The molecule has 0 aliphatic carbocycles. The predicted octanol–water partition coefficient (Wildman–Crippen LogP) is 3.78. The molecule has 0 spiro atoms. The van der Waals surface area contributed by atoms with Gasteiger partial charge in [0.2, 0.25) is 0 Å². The van der Waals surface area contributed by atoms with Crippen LogP contribution in [0.2, 0.25) is 5.02 Å². The molecule has 0 aliphatic heterocycles. The summed E-state index contributed by atoms with van der Waals surface area (Å²) in [6.07, 6.45) is 0. The number of rotatable bonds is 3. The van der Waals surface area contributed by atoms with Crippen LogP contribution in [0.5, 0.6) is 0 Å². The highest BCUT2D eigenvalue weighted by molar-refractivity contribution is 9.11. The fraction of sp³-hybridized carbons (Fsp3) is 0.111. The summed E-state index contributed by atoms with van der Waals surface area (Å²) in [7, 11) is 0. The second-order valence-corrected chi connectivity index (χ2v) is 6.72. The van der Waals surface area contributed by atoms with Crippen LogP contribution in [-0.4, -0.2) is 0 Å². The van der Waals surface area contributed by atoms with Gasteiger partial charge in [0.15, 0.2) is 0 Å². The second-order valence-electron chi connectivity index (χ2n) is 2.87. The Hall–Kier alpha value is 0.0900. The van der Waals surface area contributed by atoms with Crippen molar-refractivity contribution >= 4 is 50.2 Å². The van der Waals surface area contributed by atoms with Gasteiger partial charge in [-0.15, -0.1) is 22.7 Å². The van der Waals surface area contributed by atoms with Gasteiger partial charge in [0.05, 0.1) is 14.9 Å². The summed E-state index contributed by atoms with van der Waals surface area (Å²) in [5.41, 5.74) is 2.79. The summed E-state index contributed by atoms with van der Waals surface area (Å²) >= 11 is 12.8. The van der Waals surface area contributed by atoms with Crippen molar-refractivity contribution in [1.29, 1.82) is 0 Å². The van der Waals surface area contributed by atoms with E-state index in [-0.39, 0.29) is 6.04 Å². The van der Waals surface area contributed by atoms with Crippen molar-refractivity contribution in [3.63, 3.8) is 0 Å². The Morgan fingerprint density at radius 2 is 2.20 bits per heavy atom. The molecular formula is C9H8BrClN2S2. The standard InChI is InChI=1S/C9H8BrClN2S2/c10-7-2-1-6(15-7)8(13-12)9-5(11)3-4-14-9/h1-4,8,13H,12H2. The lowest BCUT2D eigenvalue weighted by Crippen LogP contribution is -2.27. The van der Waals surface area contributed by atoms with Crippen molar-refractivity contribution in [3.05, 3.63) is 42.1 Å². The van der Waals surface area contributed by atoms with E-state index < -0.39 is 0 Å². The van der Waals surface area contributed by atoms with Crippen molar-refractivity contribution in [1.82, 2.24) is 5.43 Å². The first kappa shape index (κ1) is 11.6. The lowest BCUT2D eigenvalue weighted by molar-refractivity contribution is 0.656. The van der Waals surface area contributed by atoms with E-state index in [1.807, 2.05) is 23.6 Å². The third kappa shape index (κ3) is 2.43. The predicted molar refractivity (Wildman–Crippen MR) is 70.5 cm³/mol. The van der Waals surface area contributed by atoms with Gasteiger partial charge in [0.25, 0.3) is 0 Å². The van der Waals surface area contributed by atoms with Crippen LogP contribution in [0.15, 0.2) is 27.4 Å². The number of hydrogen-bond donors (Lipinski definition) is 2. The molecule has 0 aliphatic rings. The third-order valence-electron chi connectivity index (χ3n) is 1.95. The van der Waals surface area contributed by atoms with Crippen LogP contribution in [0.25, 0.3) is 0 Å². The average molecular weight is 324 g/mol. The van der Waals surface area contributed by atoms with E-state index in [0.29, 0.717) is 0 Å². The number of halogens is 2. The Morgan fingerprint density at radius 1 is 1.40 bits per heavy atom. The number of thiophene rings is 2. The molecule has 0 amide bonds. The molecule has 2 aromatic rings. The van der Waals surface area contributed by atoms with E-state index in [4.69, 9.17) is 17.4 Å². The van der Waals surface area contributed by atoms with Crippen molar-refractivity contribution in [2.24, 2.45) is 5.84 Å². The monoisotopic (exact) mass is 322 g/mol. The van der Waals surface area contributed by atoms with E-state index in [0.717, 1.165) is 18.6 Å². The maximum Gasteiger partial charge on any atom is 0.0909 e. The molecule has 15 heavy (non-hydrogen) atoms. The van der Waals surface area contributed by atoms with Crippen LogP contribution in [0.1, 0.15) is 15.8 Å². The smallest absolute Gasteiger partial charge is 0.0909 e. The quantitative estimate of drug-likeness (QED) is 0.666. The first-order valence-corrected chi connectivity index (χ1v) is 7.03. The molecule has 2 heterocycles.